The van der Waals surface area contributed by atoms with Crippen LogP contribution in [0.3, 0.4) is 0 Å². The second kappa shape index (κ2) is 8.01. The quantitative estimate of drug-likeness (QED) is 0.284. The lowest BCUT2D eigenvalue weighted by atomic mass is 9.97. The number of thiophene rings is 1. The number of nitrogens with zero attached hydrogens (tertiary/aromatic N) is 2. The van der Waals surface area contributed by atoms with Crippen LogP contribution in [0.1, 0.15) is 34.6 Å². The third kappa shape index (κ3) is 3.77. The monoisotopic (exact) mass is 442 g/mol. The minimum absolute atomic E-state index is 0.0411. The van der Waals surface area contributed by atoms with Gasteiger partial charge in [0, 0.05) is 15.7 Å². The number of furan rings is 1. The second-order valence-electron chi connectivity index (χ2n) is 7.17. The van der Waals surface area contributed by atoms with E-state index in [9.17, 15) is 4.79 Å². The molecular weight excluding hydrogens is 424 g/mol. The summed E-state index contributed by atoms with van der Waals surface area (Å²) in [7, 11) is 0. The number of fused-ring (bicyclic) bond motifs is 3. The number of hydrogen-bond acceptors (Lipinski definition) is 5. The molecule has 0 bridgehead atoms. The molecule has 0 atom stereocenters. The molecule has 148 valence electrons. The van der Waals surface area contributed by atoms with E-state index in [0.29, 0.717) is 17.3 Å². The standard InChI is InChI=1S/C22H19ClN2O2S2/c23-15-6-3-5-14(11-15)13-28-22-24-20-19(17-8-1-2-9-18(17)29-20)21(26)25(22)12-16-7-4-10-27-16/h3-7,10-11H,1-2,8-9,12-13H2. The van der Waals surface area contributed by atoms with E-state index < -0.39 is 0 Å². The molecule has 0 unspecified atom stereocenters. The first-order valence-corrected chi connectivity index (χ1v) is 11.8. The van der Waals surface area contributed by atoms with Crippen molar-refractivity contribution in [1.82, 2.24) is 9.55 Å². The van der Waals surface area contributed by atoms with Gasteiger partial charge in [-0.05, 0) is 61.1 Å². The summed E-state index contributed by atoms with van der Waals surface area (Å²) >= 11 is 9.37. The lowest BCUT2D eigenvalue weighted by Gasteiger charge is -2.13. The van der Waals surface area contributed by atoms with E-state index in [1.807, 2.05) is 36.4 Å². The molecule has 3 heterocycles. The maximum atomic E-state index is 13.5. The van der Waals surface area contributed by atoms with Gasteiger partial charge in [0.05, 0.1) is 18.2 Å². The summed E-state index contributed by atoms with van der Waals surface area (Å²) in [6, 6.07) is 11.5. The third-order valence-corrected chi connectivity index (χ3v) is 7.66. The molecular formula is C22H19ClN2O2S2. The summed E-state index contributed by atoms with van der Waals surface area (Å²) in [6.45, 7) is 0.386. The molecule has 5 rings (SSSR count). The van der Waals surface area contributed by atoms with Crippen LogP contribution in [-0.2, 0) is 25.1 Å². The molecule has 29 heavy (non-hydrogen) atoms. The predicted molar refractivity (Wildman–Crippen MR) is 119 cm³/mol. The highest BCUT2D eigenvalue weighted by atomic mass is 35.5. The van der Waals surface area contributed by atoms with E-state index in [1.54, 1.807) is 33.9 Å². The van der Waals surface area contributed by atoms with E-state index in [1.165, 1.54) is 16.9 Å². The van der Waals surface area contributed by atoms with Gasteiger partial charge in [0.1, 0.15) is 10.6 Å². The summed E-state index contributed by atoms with van der Waals surface area (Å²) in [4.78, 5) is 20.7. The van der Waals surface area contributed by atoms with Crippen molar-refractivity contribution < 1.29 is 4.42 Å². The van der Waals surface area contributed by atoms with Gasteiger partial charge in [-0.25, -0.2) is 4.98 Å². The van der Waals surface area contributed by atoms with Crippen LogP contribution in [0.4, 0.5) is 0 Å². The van der Waals surface area contributed by atoms with Crippen molar-refractivity contribution in [3.63, 3.8) is 0 Å². The Labute approximate surface area is 181 Å². The van der Waals surface area contributed by atoms with Gasteiger partial charge in [0.25, 0.3) is 5.56 Å². The van der Waals surface area contributed by atoms with Crippen molar-refractivity contribution >= 4 is 44.9 Å². The first-order chi connectivity index (χ1) is 14.2. The maximum absolute atomic E-state index is 13.5. The molecule has 0 spiro atoms. The molecule has 1 aromatic carbocycles. The molecule has 7 heteroatoms. The Hall–Kier alpha value is -2.02. The topological polar surface area (TPSA) is 48.0 Å². The average molecular weight is 443 g/mol. The number of aryl methyl sites for hydroxylation is 2. The first-order valence-electron chi connectivity index (χ1n) is 9.64. The fraction of sp³-hybridized carbons (Fsp3) is 0.273. The van der Waals surface area contributed by atoms with Crippen molar-refractivity contribution in [3.05, 3.63) is 79.8 Å². The number of halogens is 1. The average Bonchev–Trinajstić information content (AvgIpc) is 3.36. The fourth-order valence-electron chi connectivity index (χ4n) is 3.80. The van der Waals surface area contributed by atoms with Crippen LogP contribution in [0.15, 0.2) is 57.0 Å². The Morgan fingerprint density at radius 1 is 1.21 bits per heavy atom. The Morgan fingerprint density at radius 3 is 2.93 bits per heavy atom. The van der Waals surface area contributed by atoms with Crippen LogP contribution >= 0.6 is 34.7 Å². The van der Waals surface area contributed by atoms with E-state index in [0.717, 1.165) is 46.0 Å². The summed E-state index contributed by atoms with van der Waals surface area (Å²) in [5, 5.41) is 2.24. The van der Waals surface area contributed by atoms with E-state index in [-0.39, 0.29) is 5.56 Å². The minimum atomic E-state index is 0.0411. The Kier molecular flexibility index (Phi) is 5.24. The number of rotatable bonds is 5. The molecule has 1 aliphatic carbocycles. The zero-order chi connectivity index (χ0) is 19.8. The van der Waals surface area contributed by atoms with Crippen LogP contribution in [0.25, 0.3) is 10.2 Å². The number of benzene rings is 1. The summed E-state index contributed by atoms with van der Waals surface area (Å²) in [5.74, 6) is 1.45. The smallest absolute Gasteiger partial charge is 0.263 e. The first kappa shape index (κ1) is 19.0. The molecule has 0 radical (unpaired) electrons. The summed E-state index contributed by atoms with van der Waals surface area (Å²) in [5.41, 5.74) is 2.36. The maximum Gasteiger partial charge on any atom is 0.263 e. The van der Waals surface area contributed by atoms with Crippen molar-refractivity contribution in [3.8, 4) is 0 Å². The predicted octanol–water partition coefficient (Wildman–Crippen LogP) is 5.92. The Morgan fingerprint density at radius 2 is 2.10 bits per heavy atom. The highest BCUT2D eigenvalue weighted by molar-refractivity contribution is 7.98. The van der Waals surface area contributed by atoms with E-state index in [2.05, 4.69) is 0 Å². The van der Waals surface area contributed by atoms with Gasteiger partial charge in [-0.15, -0.1) is 11.3 Å². The SMILES string of the molecule is O=c1c2c3c(sc2nc(SCc2cccc(Cl)c2)n1Cc1ccco1)CCCC3. The van der Waals surface area contributed by atoms with Crippen molar-refractivity contribution in [1.29, 1.82) is 0 Å². The lowest BCUT2D eigenvalue weighted by molar-refractivity contribution is 0.476. The van der Waals surface area contributed by atoms with Crippen LogP contribution < -0.4 is 5.56 Å². The molecule has 0 amide bonds. The molecule has 0 N–H and O–H groups in total. The highest BCUT2D eigenvalue weighted by Gasteiger charge is 2.22. The van der Waals surface area contributed by atoms with Gasteiger partial charge in [-0.2, -0.15) is 0 Å². The van der Waals surface area contributed by atoms with Gasteiger partial charge in [0.15, 0.2) is 5.16 Å². The Balaban J connectivity index is 1.59. The highest BCUT2D eigenvalue weighted by Crippen LogP contribution is 2.35. The zero-order valence-electron chi connectivity index (χ0n) is 15.7. The van der Waals surface area contributed by atoms with Crippen molar-refractivity contribution in [2.45, 2.75) is 43.1 Å². The van der Waals surface area contributed by atoms with Gasteiger partial charge in [0.2, 0.25) is 0 Å². The lowest BCUT2D eigenvalue weighted by Crippen LogP contribution is -2.24. The molecule has 0 saturated carbocycles. The third-order valence-electron chi connectivity index (χ3n) is 5.19. The van der Waals surface area contributed by atoms with Gasteiger partial charge in [-0.1, -0.05) is 35.5 Å². The van der Waals surface area contributed by atoms with Crippen LogP contribution in [-0.4, -0.2) is 9.55 Å². The van der Waals surface area contributed by atoms with Gasteiger partial charge < -0.3 is 4.42 Å². The molecule has 4 nitrogen and oxygen atoms in total. The van der Waals surface area contributed by atoms with Crippen molar-refractivity contribution in [2.24, 2.45) is 0 Å². The van der Waals surface area contributed by atoms with Crippen molar-refractivity contribution in [2.75, 3.05) is 0 Å². The van der Waals surface area contributed by atoms with Gasteiger partial charge in [-0.3, -0.25) is 9.36 Å². The molecule has 3 aromatic heterocycles. The van der Waals surface area contributed by atoms with Crippen LogP contribution in [0.5, 0.6) is 0 Å². The largest absolute Gasteiger partial charge is 0.467 e. The fourth-order valence-corrected chi connectivity index (χ4v) is 6.26. The molecule has 0 saturated heterocycles. The number of hydrogen-bond donors (Lipinski definition) is 0. The van der Waals surface area contributed by atoms with E-state index in [4.69, 9.17) is 21.0 Å². The van der Waals surface area contributed by atoms with Crippen LogP contribution in [0, 0.1) is 0 Å². The van der Waals surface area contributed by atoms with E-state index >= 15 is 0 Å². The molecule has 4 aromatic rings. The van der Waals surface area contributed by atoms with Gasteiger partial charge >= 0.3 is 0 Å². The normalized spacial score (nSPS) is 13.7. The minimum Gasteiger partial charge on any atom is -0.467 e. The molecule has 0 aliphatic heterocycles. The number of aromatic nitrogens is 2. The Bertz CT molecular complexity index is 1230. The molecule has 0 fully saturated rings. The molecule has 1 aliphatic rings. The number of thioether (sulfide) groups is 1. The van der Waals surface area contributed by atoms with Crippen LogP contribution in [0.2, 0.25) is 5.02 Å². The summed E-state index contributed by atoms with van der Waals surface area (Å²) in [6.07, 6.45) is 6.00. The zero-order valence-corrected chi connectivity index (χ0v) is 18.1. The summed E-state index contributed by atoms with van der Waals surface area (Å²) < 4.78 is 7.28. The second-order valence-corrected chi connectivity index (χ2v) is 9.64.